The molecule has 120 valence electrons. The lowest BCUT2D eigenvalue weighted by atomic mass is 9.94. The van der Waals surface area contributed by atoms with Gasteiger partial charge >= 0.3 is 0 Å². The highest BCUT2D eigenvalue weighted by atomic mass is 19.1. The number of hydrogen-bond acceptors (Lipinski definition) is 2. The SMILES string of the molecule is O=C(C1CCN(c2ccccc2F)CC1)N1CCCCCC1. The lowest BCUT2D eigenvalue weighted by Gasteiger charge is -2.35. The Balaban J connectivity index is 1.57. The molecule has 0 aromatic heterocycles. The third-order valence-corrected chi connectivity index (χ3v) is 4.96. The Hall–Kier alpha value is -1.58. The molecule has 3 rings (SSSR count). The Bertz CT molecular complexity index is 504. The first-order chi connectivity index (χ1) is 10.8. The summed E-state index contributed by atoms with van der Waals surface area (Å²) in [7, 11) is 0. The number of carbonyl (C=O) groups excluding carboxylic acids is 1. The maximum atomic E-state index is 13.8. The van der Waals surface area contributed by atoms with Crippen LogP contribution in [0, 0.1) is 11.7 Å². The number of rotatable bonds is 2. The largest absolute Gasteiger partial charge is 0.369 e. The van der Waals surface area contributed by atoms with Crippen LogP contribution in [0.2, 0.25) is 0 Å². The fourth-order valence-electron chi connectivity index (χ4n) is 3.62. The van der Waals surface area contributed by atoms with Crippen molar-refractivity contribution in [1.82, 2.24) is 4.90 Å². The van der Waals surface area contributed by atoms with Crippen molar-refractivity contribution in [2.75, 3.05) is 31.1 Å². The summed E-state index contributed by atoms with van der Waals surface area (Å²) in [4.78, 5) is 16.8. The van der Waals surface area contributed by atoms with Gasteiger partial charge in [0.1, 0.15) is 5.82 Å². The van der Waals surface area contributed by atoms with E-state index in [4.69, 9.17) is 0 Å². The molecule has 2 aliphatic heterocycles. The number of amides is 1. The molecule has 2 fully saturated rings. The normalized spacial score (nSPS) is 20.8. The highest BCUT2D eigenvalue weighted by Crippen LogP contribution is 2.27. The van der Waals surface area contributed by atoms with Crippen LogP contribution in [0.15, 0.2) is 24.3 Å². The van der Waals surface area contributed by atoms with E-state index in [0.29, 0.717) is 11.6 Å². The van der Waals surface area contributed by atoms with E-state index in [9.17, 15) is 9.18 Å². The van der Waals surface area contributed by atoms with Gasteiger partial charge in [-0.05, 0) is 37.8 Å². The predicted molar refractivity (Wildman–Crippen MR) is 86.4 cm³/mol. The van der Waals surface area contributed by atoms with Gasteiger partial charge in [0.25, 0.3) is 0 Å². The monoisotopic (exact) mass is 304 g/mol. The Morgan fingerprint density at radius 1 is 0.955 bits per heavy atom. The fourth-order valence-corrected chi connectivity index (χ4v) is 3.62. The van der Waals surface area contributed by atoms with E-state index in [-0.39, 0.29) is 11.7 Å². The zero-order valence-electron chi connectivity index (χ0n) is 13.1. The van der Waals surface area contributed by atoms with Gasteiger partial charge in [-0.15, -0.1) is 0 Å². The van der Waals surface area contributed by atoms with Crippen molar-refractivity contribution in [1.29, 1.82) is 0 Å². The summed E-state index contributed by atoms with van der Waals surface area (Å²) < 4.78 is 13.8. The van der Waals surface area contributed by atoms with Crippen LogP contribution in [0.4, 0.5) is 10.1 Å². The van der Waals surface area contributed by atoms with E-state index in [1.165, 1.54) is 18.9 Å². The number of anilines is 1. The van der Waals surface area contributed by atoms with E-state index in [2.05, 4.69) is 9.80 Å². The summed E-state index contributed by atoms with van der Waals surface area (Å²) in [5, 5.41) is 0. The smallest absolute Gasteiger partial charge is 0.225 e. The predicted octanol–water partition coefficient (Wildman–Crippen LogP) is 3.44. The Morgan fingerprint density at radius 2 is 1.59 bits per heavy atom. The minimum absolute atomic E-state index is 0.126. The second-order valence-electron chi connectivity index (χ2n) is 6.45. The van der Waals surface area contributed by atoms with Crippen LogP contribution >= 0.6 is 0 Å². The van der Waals surface area contributed by atoms with Gasteiger partial charge in [-0.1, -0.05) is 25.0 Å². The molecular formula is C18H25FN2O. The quantitative estimate of drug-likeness (QED) is 0.835. The molecule has 0 spiro atoms. The highest BCUT2D eigenvalue weighted by Gasteiger charge is 2.29. The number of benzene rings is 1. The van der Waals surface area contributed by atoms with Gasteiger partial charge in [-0.2, -0.15) is 0 Å². The van der Waals surface area contributed by atoms with Crippen LogP contribution < -0.4 is 4.90 Å². The molecule has 0 N–H and O–H groups in total. The van der Waals surface area contributed by atoms with Gasteiger partial charge in [0, 0.05) is 32.1 Å². The third kappa shape index (κ3) is 3.42. The first-order valence-electron chi connectivity index (χ1n) is 8.54. The average Bonchev–Trinajstić information content (AvgIpc) is 2.84. The molecule has 0 saturated carbocycles. The van der Waals surface area contributed by atoms with Crippen LogP contribution in [0.3, 0.4) is 0 Å². The number of carbonyl (C=O) groups is 1. The summed E-state index contributed by atoms with van der Waals surface area (Å²) in [6.07, 6.45) is 6.44. The minimum atomic E-state index is -0.167. The molecule has 1 aromatic rings. The molecule has 4 heteroatoms. The van der Waals surface area contributed by atoms with Crippen molar-refractivity contribution in [3.8, 4) is 0 Å². The minimum Gasteiger partial charge on any atom is -0.369 e. The summed E-state index contributed by atoms with van der Waals surface area (Å²) in [6.45, 7) is 3.38. The van der Waals surface area contributed by atoms with Crippen molar-refractivity contribution in [2.45, 2.75) is 38.5 Å². The fraction of sp³-hybridized carbons (Fsp3) is 0.611. The van der Waals surface area contributed by atoms with Gasteiger partial charge in [-0.3, -0.25) is 4.79 Å². The zero-order valence-corrected chi connectivity index (χ0v) is 13.1. The van der Waals surface area contributed by atoms with Gasteiger partial charge in [-0.25, -0.2) is 4.39 Å². The molecule has 0 atom stereocenters. The first-order valence-corrected chi connectivity index (χ1v) is 8.54. The van der Waals surface area contributed by atoms with Crippen molar-refractivity contribution >= 4 is 11.6 Å². The topological polar surface area (TPSA) is 23.6 Å². The Labute approximate surface area is 132 Å². The number of nitrogens with zero attached hydrogens (tertiary/aromatic N) is 2. The standard InChI is InChI=1S/C18H25FN2O/c19-16-7-3-4-8-17(16)20-13-9-15(10-14-20)18(22)21-11-5-1-2-6-12-21/h3-4,7-8,15H,1-2,5-6,9-14H2. The molecule has 22 heavy (non-hydrogen) atoms. The van der Waals surface area contributed by atoms with Crippen LogP contribution in [-0.4, -0.2) is 37.0 Å². The number of halogens is 1. The second kappa shape index (κ2) is 7.12. The molecule has 1 amide bonds. The second-order valence-corrected chi connectivity index (χ2v) is 6.45. The van der Waals surface area contributed by atoms with Crippen LogP contribution in [0.25, 0.3) is 0 Å². The van der Waals surface area contributed by atoms with Gasteiger partial charge in [0.2, 0.25) is 5.91 Å². The van der Waals surface area contributed by atoms with Crippen LogP contribution in [-0.2, 0) is 4.79 Å². The number of piperidine rings is 1. The molecule has 0 aliphatic carbocycles. The molecular weight excluding hydrogens is 279 g/mol. The molecule has 2 heterocycles. The van der Waals surface area contributed by atoms with Crippen molar-refractivity contribution in [3.63, 3.8) is 0 Å². The van der Waals surface area contributed by atoms with Gasteiger partial charge in [0.15, 0.2) is 0 Å². The number of para-hydroxylation sites is 1. The molecule has 0 unspecified atom stereocenters. The van der Waals surface area contributed by atoms with E-state index < -0.39 is 0 Å². The van der Waals surface area contributed by atoms with Crippen LogP contribution in [0.1, 0.15) is 38.5 Å². The maximum absolute atomic E-state index is 13.8. The Morgan fingerprint density at radius 3 is 2.23 bits per heavy atom. The lowest BCUT2D eigenvalue weighted by Crippen LogP contribution is -2.43. The van der Waals surface area contributed by atoms with E-state index in [1.807, 2.05) is 12.1 Å². The summed E-state index contributed by atoms with van der Waals surface area (Å²) in [6, 6.07) is 6.91. The maximum Gasteiger partial charge on any atom is 0.225 e. The highest BCUT2D eigenvalue weighted by molar-refractivity contribution is 5.79. The van der Waals surface area contributed by atoms with E-state index >= 15 is 0 Å². The molecule has 0 bridgehead atoms. The third-order valence-electron chi connectivity index (χ3n) is 4.96. The molecule has 2 aliphatic rings. The molecule has 1 aromatic carbocycles. The molecule has 3 nitrogen and oxygen atoms in total. The van der Waals surface area contributed by atoms with Crippen molar-refractivity contribution in [2.24, 2.45) is 5.92 Å². The molecule has 2 saturated heterocycles. The number of likely N-dealkylation sites (tertiary alicyclic amines) is 1. The Kier molecular flexibility index (Phi) is 4.96. The zero-order chi connectivity index (χ0) is 15.4. The summed E-state index contributed by atoms with van der Waals surface area (Å²) in [5.41, 5.74) is 0.670. The summed E-state index contributed by atoms with van der Waals surface area (Å²) in [5.74, 6) is 0.288. The summed E-state index contributed by atoms with van der Waals surface area (Å²) >= 11 is 0. The number of hydrogen-bond donors (Lipinski definition) is 0. The lowest BCUT2D eigenvalue weighted by molar-refractivity contribution is -0.136. The average molecular weight is 304 g/mol. The van der Waals surface area contributed by atoms with Crippen molar-refractivity contribution in [3.05, 3.63) is 30.1 Å². The first kappa shape index (κ1) is 15.3. The van der Waals surface area contributed by atoms with Crippen molar-refractivity contribution < 1.29 is 9.18 Å². The van der Waals surface area contributed by atoms with Gasteiger partial charge < -0.3 is 9.80 Å². The van der Waals surface area contributed by atoms with E-state index in [0.717, 1.165) is 51.9 Å². The molecule has 0 radical (unpaired) electrons. The van der Waals surface area contributed by atoms with Gasteiger partial charge in [0.05, 0.1) is 5.69 Å². The van der Waals surface area contributed by atoms with Crippen LogP contribution in [0.5, 0.6) is 0 Å². The van der Waals surface area contributed by atoms with E-state index in [1.54, 1.807) is 6.07 Å².